The molecule has 1 saturated carbocycles. The first-order valence-corrected chi connectivity index (χ1v) is 14.8. The maximum Gasteiger partial charge on any atom is 0.230 e. The molecule has 1 aliphatic carbocycles. The molecule has 1 aromatic carbocycles. The van der Waals surface area contributed by atoms with Gasteiger partial charge in [0.1, 0.15) is 6.54 Å². The summed E-state index contributed by atoms with van der Waals surface area (Å²) in [7, 11) is -3.56. The van der Waals surface area contributed by atoms with Crippen LogP contribution < -0.4 is 10.6 Å². The summed E-state index contributed by atoms with van der Waals surface area (Å²) in [5, 5.41) is 16.2. The molecule has 1 fully saturated rings. The highest BCUT2D eigenvalue weighted by atomic mass is 32.2. The number of carbonyl (C=O) groups is 2. The van der Waals surface area contributed by atoms with E-state index in [9.17, 15) is 18.0 Å². The molecule has 0 aliphatic heterocycles. The van der Waals surface area contributed by atoms with Crippen molar-refractivity contribution >= 4 is 44.8 Å². The number of benzene rings is 1. The lowest BCUT2D eigenvalue weighted by atomic mass is 9.80. The zero-order valence-corrected chi connectivity index (χ0v) is 21.3. The number of nitrogens with one attached hydrogen (secondary N) is 2. The molecule has 0 bridgehead atoms. The number of nitriles is 1. The normalized spacial score (nSPS) is 18.1. The fourth-order valence-corrected chi connectivity index (χ4v) is 7.25. The number of rotatable bonds is 11. The molecule has 3 rings (SSSR count). The van der Waals surface area contributed by atoms with E-state index in [1.165, 1.54) is 16.6 Å². The highest BCUT2D eigenvalue weighted by Crippen LogP contribution is 2.33. The molecule has 1 aromatic heterocycles. The Hall–Kier alpha value is -2.35. The van der Waals surface area contributed by atoms with Gasteiger partial charge in [-0.1, -0.05) is 18.9 Å². The second-order valence-corrected chi connectivity index (χ2v) is 12.4. The van der Waals surface area contributed by atoms with Crippen LogP contribution in [0.15, 0.2) is 51.6 Å². The maximum absolute atomic E-state index is 13.0. The van der Waals surface area contributed by atoms with Crippen LogP contribution in [-0.4, -0.2) is 44.8 Å². The van der Waals surface area contributed by atoms with Crippen LogP contribution >= 0.6 is 23.1 Å². The molecule has 10 heteroatoms. The third-order valence-corrected chi connectivity index (χ3v) is 9.65. The van der Waals surface area contributed by atoms with Gasteiger partial charge >= 0.3 is 0 Å². The van der Waals surface area contributed by atoms with Crippen molar-refractivity contribution in [2.45, 2.75) is 41.9 Å². The molecular formula is C24H29N3O4S3. The largest absolute Gasteiger partial charge is 0.355 e. The van der Waals surface area contributed by atoms with Gasteiger partial charge in [-0.3, -0.25) is 9.59 Å². The second kappa shape index (κ2) is 12.9. The van der Waals surface area contributed by atoms with Crippen LogP contribution in [0.4, 0.5) is 0 Å². The zero-order chi connectivity index (χ0) is 24.4. The molecule has 1 aliphatic rings. The van der Waals surface area contributed by atoms with Gasteiger partial charge in [0, 0.05) is 22.2 Å². The first-order valence-electron chi connectivity index (χ1n) is 11.3. The molecule has 0 saturated heterocycles. The van der Waals surface area contributed by atoms with Crippen LogP contribution in [0.5, 0.6) is 0 Å². The molecule has 0 radical (unpaired) electrons. The Morgan fingerprint density at radius 1 is 1.12 bits per heavy atom. The van der Waals surface area contributed by atoms with Gasteiger partial charge in [-0.15, -0.1) is 23.1 Å². The van der Waals surface area contributed by atoms with Crippen LogP contribution in [0.3, 0.4) is 0 Å². The van der Waals surface area contributed by atoms with Crippen molar-refractivity contribution in [2.24, 2.45) is 11.8 Å². The Morgan fingerprint density at radius 2 is 1.88 bits per heavy atom. The summed E-state index contributed by atoms with van der Waals surface area (Å²) in [6.07, 6.45) is 3.91. The molecule has 2 amide bonds. The molecule has 0 unspecified atom stereocenters. The lowest BCUT2D eigenvalue weighted by Crippen LogP contribution is -2.39. The Kier molecular flexibility index (Phi) is 9.99. The smallest absolute Gasteiger partial charge is 0.230 e. The Morgan fingerprint density at radius 3 is 2.59 bits per heavy atom. The van der Waals surface area contributed by atoms with Crippen molar-refractivity contribution < 1.29 is 18.0 Å². The van der Waals surface area contributed by atoms with Crippen molar-refractivity contribution in [3.63, 3.8) is 0 Å². The summed E-state index contributed by atoms with van der Waals surface area (Å²) >= 11 is 3.03. The van der Waals surface area contributed by atoms with E-state index in [4.69, 9.17) is 5.26 Å². The molecule has 2 aromatic rings. The van der Waals surface area contributed by atoms with E-state index in [0.717, 1.165) is 24.2 Å². The molecule has 2 atom stereocenters. The number of thioether (sulfide) groups is 1. The maximum atomic E-state index is 13.0. The van der Waals surface area contributed by atoms with Gasteiger partial charge < -0.3 is 10.6 Å². The number of thiophene rings is 1. The molecule has 34 heavy (non-hydrogen) atoms. The first kappa shape index (κ1) is 26.3. The lowest BCUT2D eigenvalue weighted by Gasteiger charge is -2.30. The van der Waals surface area contributed by atoms with Crippen LogP contribution in [-0.2, 0) is 25.8 Å². The summed E-state index contributed by atoms with van der Waals surface area (Å²) in [5.41, 5.74) is 0. The average Bonchev–Trinajstić information content (AvgIpc) is 3.35. The minimum Gasteiger partial charge on any atom is -0.355 e. The number of hydrogen-bond donors (Lipinski definition) is 2. The van der Waals surface area contributed by atoms with Gasteiger partial charge in [0.25, 0.3) is 0 Å². The quantitative estimate of drug-likeness (QED) is 0.347. The Bertz CT molecular complexity index is 1090. The SMILES string of the molecule is N#CCNC(=O)[C@@H]1CCCC[C@H]1CS(=O)(=O)c1ccc(SCC(=O)NCCc2cccs2)cc1. The number of carbonyl (C=O) groups excluding carboxylic acids is 2. The summed E-state index contributed by atoms with van der Waals surface area (Å²) in [5.74, 6) is -0.762. The fourth-order valence-electron chi connectivity index (χ4n) is 4.11. The molecule has 7 nitrogen and oxygen atoms in total. The third kappa shape index (κ3) is 7.86. The van der Waals surface area contributed by atoms with E-state index in [1.54, 1.807) is 35.6 Å². The molecular weight excluding hydrogens is 490 g/mol. The van der Waals surface area contributed by atoms with Crippen molar-refractivity contribution in [2.75, 3.05) is 24.6 Å². The third-order valence-electron chi connectivity index (χ3n) is 5.85. The van der Waals surface area contributed by atoms with Crippen molar-refractivity contribution in [1.29, 1.82) is 5.26 Å². The number of nitrogens with zero attached hydrogens (tertiary/aromatic N) is 1. The van der Waals surface area contributed by atoms with E-state index >= 15 is 0 Å². The first-order chi connectivity index (χ1) is 16.4. The average molecular weight is 520 g/mol. The number of sulfone groups is 1. The minimum atomic E-state index is -3.56. The molecule has 1 heterocycles. The predicted molar refractivity (Wildman–Crippen MR) is 134 cm³/mol. The summed E-state index contributed by atoms with van der Waals surface area (Å²) in [4.78, 5) is 26.7. The van der Waals surface area contributed by atoms with E-state index < -0.39 is 9.84 Å². The van der Waals surface area contributed by atoms with Crippen LogP contribution in [0.25, 0.3) is 0 Å². The van der Waals surface area contributed by atoms with Gasteiger partial charge in [0.2, 0.25) is 11.8 Å². The highest BCUT2D eigenvalue weighted by Gasteiger charge is 2.34. The van der Waals surface area contributed by atoms with Gasteiger partial charge in [-0.2, -0.15) is 5.26 Å². The van der Waals surface area contributed by atoms with Gasteiger partial charge in [0.15, 0.2) is 9.84 Å². The summed E-state index contributed by atoms with van der Waals surface area (Å²) in [6.45, 7) is 0.522. The number of amides is 2. The van der Waals surface area contributed by atoms with Crippen molar-refractivity contribution in [3.05, 3.63) is 46.7 Å². The molecule has 0 spiro atoms. The molecule has 182 valence electrons. The van der Waals surface area contributed by atoms with Crippen LogP contribution in [0.2, 0.25) is 0 Å². The second-order valence-electron chi connectivity index (χ2n) is 8.25. The lowest BCUT2D eigenvalue weighted by molar-refractivity contribution is -0.127. The van der Waals surface area contributed by atoms with Gasteiger partial charge in [-0.05, 0) is 60.9 Å². The standard InChI is InChI=1S/C24H29N3O4S3/c25-12-14-27-24(29)22-6-2-1-4-18(22)17-34(30,31)21-9-7-20(8-10-21)33-16-23(28)26-13-11-19-5-3-15-32-19/h3,5,7-10,15,18,22H,1-2,4,6,11,13-14,16-17H2,(H,26,28)(H,27,29)/t18-,22+/m0/s1. The monoisotopic (exact) mass is 519 g/mol. The fraction of sp³-hybridized carbons (Fsp3) is 0.458. The van der Waals surface area contributed by atoms with E-state index in [1.807, 2.05) is 23.6 Å². The van der Waals surface area contributed by atoms with E-state index in [0.29, 0.717) is 19.4 Å². The Balaban J connectivity index is 1.50. The highest BCUT2D eigenvalue weighted by molar-refractivity contribution is 8.00. The topological polar surface area (TPSA) is 116 Å². The van der Waals surface area contributed by atoms with Gasteiger partial charge in [-0.25, -0.2) is 8.42 Å². The van der Waals surface area contributed by atoms with E-state index in [-0.39, 0.29) is 46.6 Å². The molecule has 2 N–H and O–H groups in total. The van der Waals surface area contributed by atoms with Crippen LogP contribution in [0.1, 0.15) is 30.6 Å². The summed E-state index contributed by atoms with van der Waals surface area (Å²) in [6, 6.07) is 12.5. The summed E-state index contributed by atoms with van der Waals surface area (Å²) < 4.78 is 26.0. The minimum absolute atomic E-state index is 0.0590. The van der Waals surface area contributed by atoms with E-state index in [2.05, 4.69) is 10.6 Å². The number of hydrogen-bond acceptors (Lipinski definition) is 7. The van der Waals surface area contributed by atoms with Gasteiger partial charge in [0.05, 0.1) is 22.5 Å². The Labute approximate surface area is 209 Å². The zero-order valence-electron chi connectivity index (χ0n) is 18.9. The van der Waals surface area contributed by atoms with Crippen molar-refractivity contribution in [1.82, 2.24) is 10.6 Å². The van der Waals surface area contributed by atoms with Crippen LogP contribution in [0, 0.1) is 23.2 Å². The van der Waals surface area contributed by atoms with Crippen molar-refractivity contribution in [3.8, 4) is 6.07 Å². The predicted octanol–water partition coefficient (Wildman–Crippen LogP) is 3.42.